The Morgan fingerprint density at radius 3 is 2.08 bits per heavy atom. The summed E-state index contributed by atoms with van der Waals surface area (Å²) in [4.78, 5) is 0. The summed E-state index contributed by atoms with van der Waals surface area (Å²) in [5, 5.41) is 0.458. The number of hydrogen-bond acceptors (Lipinski definition) is 0. The number of rotatable bonds is 4. The summed E-state index contributed by atoms with van der Waals surface area (Å²) in [6.45, 7) is -1.32. The molecule has 0 aromatic carbocycles. The molecule has 0 aliphatic heterocycles. The third-order valence-electron chi connectivity index (χ3n) is 1.36. The van der Waals surface area contributed by atoms with Crippen LogP contribution in [-0.4, -0.2) is 22.1 Å². The Kier molecular flexibility index (Phi) is 6.05. The molecule has 0 amide bonds. The minimum Gasteiger partial charge on any atom is -0.250 e. The van der Waals surface area contributed by atoms with Crippen LogP contribution in [-0.2, 0) is 0 Å². The van der Waals surface area contributed by atoms with E-state index >= 15 is 0 Å². The van der Waals surface area contributed by atoms with Gasteiger partial charge in [-0.05, 0) is 6.42 Å². The molecule has 2 atom stereocenters. The monoisotopic (exact) mass is 362 g/mol. The molecule has 0 bridgehead atoms. The maximum absolute atomic E-state index is 12.0. The number of halogens is 6. The first-order valence-electron chi connectivity index (χ1n) is 3.24. The summed E-state index contributed by atoms with van der Waals surface area (Å²) in [5.74, 6) is -1.81. The summed E-state index contributed by atoms with van der Waals surface area (Å²) in [6.07, 6.45) is -4.56. The molecule has 0 fully saturated rings. The highest BCUT2D eigenvalue weighted by Gasteiger charge is 2.40. The van der Waals surface area contributed by atoms with Crippen molar-refractivity contribution in [1.82, 2.24) is 0 Å². The lowest BCUT2D eigenvalue weighted by Crippen LogP contribution is -2.27. The first-order valence-corrected chi connectivity index (χ1v) is 5.61. The van der Waals surface area contributed by atoms with Gasteiger partial charge in [0, 0.05) is 9.25 Å². The molecule has 0 aromatic rings. The maximum atomic E-state index is 12.0. The van der Waals surface area contributed by atoms with Crippen LogP contribution in [0.3, 0.4) is 0 Å². The smallest absolute Gasteiger partial charge is 0.250 e. The molecule has 0 aromatic heterocycles. The molecule has 0 radical (unpaired) electrons. The van der Waals surface area contributed by atoms with E-state index in [-0.39, 0.29) is 10.3 Å². The van der Waals surface area contributed by atoms with E-state index in [4.69, 9.17) is 0 Å². The Bertz CT molecular complexity index is 127. The van der Waals surface area contributed by atoms with E-state index in [1.807, 2.05) is 22.6 Å². The lowest BCUT2D eigenvalue weighted by atomic mass is 10.1. The van der Waals surface area contributed by atoms with Crippen molar-refractivity contribution in [1.29, 1.82) is 0 Å². The summed E-state index contributed by atoms with van der Waals surface area (Å²) in [7, 11) is 0. The van der Waals surface area contributed by atoms with Gasteiger partial charge in [0.2, 0.25) is 0 Å². The fourth-order valence-electron chi connectivity index (χ4n) is 0.656. The number of alkyl halides is 6. The lowest BCUT2D eigenvalue weighted by Gasteiger charge is -2.18. The second-order valence-corrected chi connectivity index (χ2v) is 4.79. The van der Waals surface area contributed by atoms with Crippen molar-refractivity contribution in [2.75, 3.05) is 12.0 Å². The first-order chi connectivity index (χ1) is 5.41. The van der Waals surface area contributed by atoms with Crippen LogP contribution in [0.15, 0.2) is 0 Å². The molecule has 0 saturated heterocycles. The molecule has 0 rings (SSSR count). The van der Waals surface area contributed by atoms with Crippen LogP contribution in [0.25, 0.3) is 0 Å². The highest BCUT2D eigenvalue weighted by Crippen LogP contribution is 2.32. The van der Waals surface area contributed by atoms with Gasteiger partial charge in [0.1, 0.15) is 6.67 Å². The zero-order valence-electron chi connectivity index (χ0n) is 6.04. The minimum atomic E-state index is -4.40. The van der Waals surface area contributed by atoms with E-state index in [2.05, 4.69) is 15.9 Å². The van der Waals surface area contributed by atoms with Crippen molar-refractivity contribution in [3.63, 3.8) is 0 Å². The predicted octanol–water partition coefficient (Wildman–Crippen LogP) is 3.72. The van der Waals surface area contributed by atoms with Crippen LogP contribution in [0.1, 0.15) is 6.42 Å². The molecule has 74 valence electrons. The van der Waals surface area contributed by atoms with Crippen molar-refractivity contribution in [2.24, 2.45) is 5.92 Å². The molecule has 0 heterocycles. The Labute approximate surface area is 90.4 Å². The first kappa shape index (κ1) is 12.9. The predicted molar refractivity (Wildman–Crippen MR) is 51.7 cm³/mol. The minimum absolute atomic E-state index is 0.161. The fourth-order valence-corrected chi connectivity index (χ4v) is 1.53. The lowest BCUT2D eigenvalue weighted by molar-refractivity contribution is -0.179. The Balaban J connectivity index is 4.00. The quantitative estimate of drug-likeness (QED) is 0.406. The van der Waals surface area contributed by atoms with Gasteiger partial charge in [-0.25, -0.2) is 0 Å². The largest absolute Gasteiger partial charge is 0.394 e. The van der Waals surface area contributed by atoms with Gasteiger partial charge < -0.3 is 0 Å². The standard InChI is InChI=1S/C6H8BrF4I/c7-2-5(12)1-4(3-8)6(9,10)11/h4-5H,1-3H2. The Hall–Kier alpha value is 0.930. The molecule has 0 N–H and O–H groups in total. The van der Waals surface area contributed by atoms with E-state index in [0.717, 1.165) is 0 Å². The van der Waals surface area contributed by atoms with Gasteiger partial charge in [-0.3, -0.25) is 4.39 Å². The van der Waals surface area contributed by atoms with E-state index in [1.165, 1.54) is 0 Å². The second-order valence-electron chi connectivity index (χ2n) is 2.38. The van der Waals surface area contributed by atoms with Gasteiger partial charge in [0.15, 0.2) is 0 Å². The number of hydrogen-bond donors (Lipinski definition) is 0. The fraction of sp³-hybridized carbons (Fsp3) is 1.00. The van der Waals surface area contributed by atoms with E-state index in [9.17, 15) is 17.6 Å². The van der Waals surface area contributed by atoms with Crippen LogP contribution in [0.4, 0.5) is 17.6 Å². The molecule has 2 unspecified atom stereocenters. The zero-order valence-corrected chi connectivity index (χ0v) is 9.79. The van der Waals surface area contributed by atoms with Gasteiger partial charge in [-0.2, -0.15) is 13.2 Å². The second kappa shape index (κ2) is 5.62. The highest BCUT2D eigenvalue weighted by atomic mass is 127. The van der Waals surface area contributed by atoms with Crippen molar-refractivity contribution in [3.8, 4) is 0 Å². The molecule has 6 heteroatoms. The summed E-state index contributed by atoms with van der Waals surface area (Å²) < 4.78 is 47.6. The van der Waals surface area contributed by atoms with Crippen molar-refractivity contribution in [3.05, 3.63) is 0 Å². The molecule has 0 saturated carbocycles. The molecule has 0 aliphatic rings. The van der Waals surface area contributed by atoms with Crippen LogP contribution < -0.4 is 0 Å². The highest BCUT2D eigenvalue weighted by molar-refractivity contribution is 14.1. The third kappa shape index (κ3) is 4.84. The van der Waals surface area contributed by atoms with Crippen LogP contribution >= 0.6 is 38.5 Å². The summed E-state index contributed by atoms with van der Waals surface area (Å²) in [5.41, 5.74) is 0. The molecule has 0 aliphatic carbocycles. The molecule has 12 heavy (non-hydrogen) atoms. The maximum Gasteiger partial charge on any atom is 0.394 e. The van der Waals surface area contributed by atoms with E-state index in [1.54, 1.807) is 0 Å². The SMILES string of the molecule is FCC(CC(I)CBr)C(F)(F)F. The van der Waals surface area contributed by atoms with Gasteiger partial charge in [0.05, 0.1) is 5.92 Å². The van der Waals surface area contributed by atoms with Gasteiger partial charge in [-0.15, -0.1) is 0 Å². The Morgan fingerprint density at radius 2 is 1.83 bits per heavy atom. The molecular formula is C6H8BrF4I. The molecular weight excluding hydrogens is 355 g/mol. The summed E-state index contributed by atoms with van der Waals surface area (Å²) >= 11 is 4.91. The van der Waals surface area contributed by atoms with Crippen LogP contribution in [0, 0.1) is 5.92 Å². The average Bonchev–Trinajstić information content (AvgIpc) is 1.97. The average molecular weight is 363 g/mol. The zero-order chi connectivity index (χ0) is 9.78. The third-order valence-corrected chi connectivity index (χ3v) is 4.30. The van der Waals surface area contributed by atoms with E-state index < -0.39 is 18.8 Å². The Morgan fingerprint density at radius 1 is 1.33 bits per heavy atom. The molecule has 0 nitrogen and oxygen atoms in total. The summed E-state index contributed by atoms with van der Waals surface area (Å²) in [6, 6.07) is 0. The van der Waals surface area contributed by atoms with Crippen molar-refractivity contribution >= 4 is 38.5 Å². The topological polar surface area (TPSA) is 0 Å². The van der Waals surface area contributed by atoms with Crippen LogP contribution in [0.2, 0.25) is 0 Å². The van der Waals surface area contributed by atoms with Gasteiger partial charge in [0.25, 0.3) is 0 Å². The van der Waals surface area contributed by atoms with Gasteiger partial charge in [-0.1, -0.05) is 38.5 Å². The molecule has 0 spiro atoms. The van der Waals surface area contributed by atoms with Crippen molar-refractivity contribution in [2.45, 2.75) is 16.5 Å². The van der Waals surface area contributed by atoms with E-state index in [0.29, 0.717) is 5.33 Å². The van der Waals surface area contributed by atoms with Crippen molar-refractivity contribution < 1.29 is 17.6 Å². The van der Waals surface area contributed by atoms with Crippen LogP contribution in [0.5, 0.6) is 0 Å². The normalized spacial score (nSPS) is 17.5. The van der Waals surface area contributed by atoms with Gasteiger partial charge >= 0.3 is 6.18 Å².